The maximum atomic E-state index is 13.2. The molecule has 6 heteroatoms. The molecule has 0 fully saturated rings. The summed E-state index contributed by atoms with van der Waals surface area (Å²) in [6.07, 6.45) is 0.822. The highest BCUT2D eigenvalue weighted by Crippen LogP contribution is 2.21. The van der Waals surface area contributed by atoms with E-state index in [1.165, 1.54) is 25.3 Å². The van der Waals surface area contributed by atoms with E-state index in [9.17, 15) is 13.4 Å². The van der Waals surface area contributed by atoms with Crippen LogP contribution in [0.25, 0.3) is 0 Å². The predicted octanol–water partition coefficient (Wildman–Crippen LogP) is 2.00. The van der Waals surface area contributed by atoms with Crippen molar-refractivity contribution in [3.8, 4) is 5.75 Å². The first-order valence-electron chi connectivity index (χ1n) is 6.46. The second kappa shape index (κ2) is 7.99. The van der Waals surface area contributed by atoms with Crippen LogP contribution >= 0.6 is 0 Å². The van der Waals surface area contributed by atoms with Gasteiger partial charge in [0.1, 0.15) is 16.8 Å². The Morgan fingerprint density at radius 1 is 1.50 bits per heavy atom. The molecule has 1 N–H and O–H groups in total. The number of ether oxygens (including phenoxy) is 1. The number of hydrogen-bond donors (Lipinski definition) is 1. The normalized spacial score (nSPS) is 13.6. The SMILES string of the molecule is CCCNC(=O)[C@H](C)[S@](=O)Cc1cc(F)ccc1OC. The van der Waals surface area contributed by atoms with Crippen molar-refractivity contribution < 1.29 is 18.1 Å². The Balaban J connectivity index is 2.75. The standard InChI is InChI=1S/C14H20FNO3S/c1-4-7-16-14(17)10(2)20(18)9-11-8-12(15)5-6-13(11)19-3/h5-6,8,10H,4,7,9H2,1-3H3,(H,16,17)/t10-,20+/m0/s1. The van der Waals surface area contributed by atoms with Crippen molar-refractivity contribution in [3.05, 3.63) is 29.6 Å². The van der Waals surface area contributed by atoms with Gasteiger partial charge in [-0.1, -0.05) is 6.92 Å². The highest BCUT2D eigenvalue weighted by atomic mass is 32.2. The van der Waals surface area contributed by atoms with Crippen LogP contribution in [0.5, 0.6) is 5.75 Å². The molecule has 20 heavy (non-hydrogen) atoms. The fraction of sp³-hybridized carbons (Fsp3) is 0.500. The average Bonchev–Trinajstić information content (AvgIpc) is 2.44. The lowest BCUT2D eigenvalue weighted by Crippen LogP contribution is -2.36. The van der Waals surface area contributed by atoms with E-state index < -0.39 is 21.9 Å². The zero-order valence-electron chi connectivity index (χ0n) is 11.9. The van der Waals surface area contributed by atoms with Gasteiger partial charge in [0, 0.05) is 22.9 Å². The first kappa shape index (κ1) is 16.6. The summed E-state index contributed by atoms with van der Waals surface area (Å²) in [6.45, 7) is 4.11. The van der Waals surface area contributed by atoms with Crippen molar-refractivity contribution in [1.82, 2.24) is 5.32 Å². The van der Waals surface area contributed by atoms with Gasteiger partial charge in [-0.15, -0.1) is 0 Å². The minimum atomic E-state index is -1.43. The number of halogens is 1. The van der Waals surface area contributed by atoms with E-state index in [2.05, 4.69) is 5.32 Å². The van der Waals surface area contributed by atoms with Crippen LogP contribution in [-0.2, 0) is 21.3 Å². The Labute approximate surface area is 121 Å². The third-order valence-electron chi connectivity index (χ3n) is 2.85. The Morgan fingerprint density at radius 3 is 2.80 bits per heavy atom. The Morgan fingerprint density at radius 2 is 2.20 bits per heavy atom. The van der Waals surface area contributed by atoms with E-state index in [1.807, 2.05) is 6.92 Å². The first-order chi connectivity index (χ1) is 9.49. The lowest BCUT2D eigenvalue weighted by molar-refractivity contribution is -0.120. The van der Waals surface area contributed by atoms with Gasteiger partial charge in [-0.3, -0.25) is 9.00 Å². The summed E-state index contributed by atoms with van der Waals surface area (Å²) in [5.74, 6) is -0.107. The van der Waals surface area contributed by atoms with Gasteiger partial charge in [-0.25, -0.2) is 4.39 Å². The van der Waals surface area contributed by atoms with E-state index in [-0.39, 0.29) is 11.7 Å². The van der Waals surface area contributed by atoms with Crippen molar-refractivity contribution in [1.29, 1.82) is 0 Å². The molecule has 1 aromatic rings. The van der Waals surface area contributed by atoms with Crippen LogP contribution in [0.2, 0.25) is 0 Å². The summed E-state index contributed by atoms with van der Waals surface area (Å²) in [7, 11) is 0.0411. The third-order valence-corrected chi connectivity index (χ3v) is 4.45. The topological polar surface area (TPSA) is 55.4 Å². The van der Waals surface area contributed by atoms with Gasteiger partial charge in [0.25, 0.3) is 0 Å². The van der Waals surface area contributed by atoms with E-state index >= 15 is 0 Å². The molecule has 0 aliphatic carbocycles. The van der Waals surface area contributed by atoms with Crippen LogP contribution in [-0.4, -0.2) is 29.0 Å². The minimum absolute atomic E-state index is 0.0850. The summed E-state index contributed by atoms with van der Waals surface area (Å²) < 4.78 is 30.5. The van der Waals surface area contributed by atoms with E-state index in [0.717, 1.165) is 6.42 Å². The van der Waals surface area contributed by atoms with E-state index in [4.69, 9.17) is 4.74 Å². The fourth-order valence-corrected chi connectivity index (χ4v) is 2.75. The minimum Gasteiger partial charge on any atom is -0.496 e. The second-order valence-electron chi connectivity index (χ2n) is 4.41. The molecule has 4 nitrogen and oxygen atoms in total. The molecule has 1 rings (SSSR count). The molecule has 0 saturated carbocycles. The summed E-state index contributed by atoms with van der Waals surface area (Å²) in [5, 5.41) is 2.06. The Hall–Kier alpha value is -1.43. The maximum Gasteiger partial charge on any atom is 0.235 e. The molecule has 112 valence electrons. The van der Waals surface area contributed by atoms with Crippen molar-refractivity contribution >= 4 is 16.7 Å². The van der Waals surface area contributed by atoms with Gasteiger partial charge in [-0.2, -0.15) is 0 Å². The summed E-state index contributed by atoms with van der Waals surface area (Å²) in [6, 6.07) is 4.06. The van der Waals surface area contributed by atoms with Crippen molar-refractivity contribution in [2.45, 2.75) is 31.3 Å². The smallest absolute Gasteiger partial charge is 0.235 e. The van der Waals surface area contributed by atoms with Gasteiger partial charge >= 0.3 is 0 Å². The highest BCUT2D eigenvalue weighted by molar-refractivity contribution is 7.85. The zero-order valence-corrected chi connectivity index (χ0v) is 12.8. The molecule has 0 aliphatic heterocycles. The molecule has 0 spiro atoms. The lowest BCUT2D eigenvalue weighted by atomic mass is 10.2. The number of carbonyl (C=O) groups is 1. The van der Waals surface area contributed by atoms with Crippen LogP contribution < -0.4 is 10.1 Å². The first-order valence-corrected chi connectivity index (χ1v) is 7.85. The van der Waals surface area contributed by atoms with Crippen LogP contribution in [0, 0.1) is 5.82 Å². The quantitative estimate of drug-likeness (QED) is 0.838. The highest BCUT2D eigenvalue weighted by Gasteiger charge is 2.21. The molecule has 1 amide bonds. The largest absolute Gasteiger partial charge is 0.496 e. The fourth-order valence-electron chi connectivity index (χ4n) is 1.65. The monoisotopic (exact) mass is 301 g/mol. The molecular formula is C14H20FNO3S. The number of nitrogens with one attached hydrogen (secondary N) is 1. The Bertz CT molecular complexity index is 493. The number of methoxy groups -OCH3 is 1. The average molecular weight is 301 g/mol. The number of benzene rings is 1. The predicted molar refractivity (Wildman–Crippen MR) is 77.6 cm³/mol. The van der Waals surface area contributed by atoms with Gasteiger partial charge < -0.3 is 10.1 Å². The number of amides is 1. The maximum absolute atomic E-state index is 13.2. The molecular weight excluding hydrogens is 281 g/mol. The molecule has 1 aromatic carbocycles. The second-order valence-corrected chi connectivity index (χ2v) is 6.17. The molecule has 2 atom stereocenters. The van der Waals surface area contributed by atoms with Crippen molar-refractivity contribution in [2.24, 2.45) is 0 Å². The van der Waals surface area contributed by atoms with Gasteiger partial charge in [-0.05, 0) is 31.5 Å². The van der Waals surface area contributed by atoms with Crippen molar-refractivity contribution in [2.75, 3.05) is 13.7 Å². The van der Waals surface area contributed by atoms with Gasteiger partial charge in [0.05, 0.1) is 12.9 Å². The van der Waals surface area contributed by atoms with E-state index in [1.54, 1.807) is 6.92 Å². The lowest BCUT2D eigenvalue weighted by Gasteiger charge is -2.13. The number of carbonyl (C=O) groups excluding carboxylic acids is 1. The molecule has 0 bridgehead atoms. The molecule has 0 unspecified atom stereocenters. The summed E-state index contributed by atoms with van der Waals surface area (Å²) in [4.78, 5) is 11.7. The molecule has 0 aromatic heterocycles. The molecule has 0 heterocycles. The number of rotatable bonds is 7. The third kappa shape index (κ3) is 4.59. The number of hydrogen-bond acceptors (Lipinski definition) is 3. The van der Waals surface area contributed by atoms with Crippen molar-refractivity contribution in [3.63, 3.8) is 0 Å². The van der Waals surface area contributed by atoms with Crippen LogP contribution in [0.3, 0.4) is 0 Å². The summed E-state index contributed by atoms with van der Waals surface area (Å²) in [5.41, 5.74) is 0.501. The zero-order chi connectivity index (χ0) is 15.1. The molecule has 0 radical (unpaired) electrons. The molecule has 0 saturated heterocycles. The van der Waals surface area contributed by atoms with Crippen LogP contribution in [0.1, 0.15) is 25.8 Å². The molecule has 0 aliphatic rings. The van der Waals surface area contributed by atoms with E-state index in [0.29, 0.717) is 17.9 Å². The van der Waals surface area contributed by atoms with Gasteiger partial charge in [0.2, 0.25) is 5.91 Å². The van der Waals surface area contributed by atoms with Crippen LogP contribution in [0.4, 0.5) is 4.39 Å². The summed E-state index contributed by atoms with van der Waals surface area (Å²) >= 11 is 0. The Kier molecular flexibility index (Phi) is 6.64. The van der Waals surface area contributed by atoms with Crippen LogP contribution in [0.15, 0.2) is 18.2 Å². The van der Waals surface area contributed by atoms with Gasteiger partial charge in [0.15, 0.2) is 0 Å².